The number of primary amides is 1. The first-order chi connectivity index (χ1) is 14.4. The van der Waals surface area contributed by atoms with Crippen molar-refractivity contribution in [2.24, 2.45) is 11.7 Å². The minimum Gasteiger partial charge on any atom is -0.423 e. The molecular weight excluding hydrogens is 376 g/mol. The van der Waals surface area contributed by atoms with E-state index >= 15 is 0 Å². The predicted octanol–water partition coefficient (Wildman–Crippen LogP) is 4.25. The Labute approximate surface area is 179 Å². The third kappa shape index (κ3) is 4.34. The maximum Gasteiger partial charge on any atom is 0.299 e. The van der Waals surface area contributed by atoms with Crippen LogP contribution in [-0.4, -0.2) is 47.0 Å². The Morgan fingerprint density at radius 1 is 1.20 bits per heavy atom. The van der Waals surface area contributed by atoms with Crippen molar-refractivity contribution >= 4 is 23.0 Å². The summed E-state index contributed by atoms with van der Waals surface area (Å²) in [5.41, 5.74) is 8.64. The number of nitrogens with two attached hydrogens (primary N) is 1. The van der Waals surface area contributed by atoms with Gasteiger partial charge in [-0.25, -0.2) is 0 Å². The molecule has 1 aromatic heterocycles. The summed E-state index contributed by atoms with van der Waals surface area (Å²) in [5, 5.41) is 0. The summed E-state index contributed by atoms with van der Waals surface area (Å²) < 4.78 is 6.02. The molecule has 6 nitrogen and oxygen atoms in total. The number of fused-ring (bicyclic) bond motifs is 1. The third-order valence-electron chi connectivity index (χ3n) is 7.19. The van der Waals surface area contributed by atoms with E-state index in [0.29, 0.717) is 18.1 Å². The quantitative estimate of drug-likeness (QED) is 0.768. The van der Waals surface area contributed by atoms with Crippen molar-refractivity contribution in [2.75, 3.05) is 18.0 Å². The molecule has 4 atom stereocenters. The minimum absolute atomic E-state index is 0.253. The number of aromatic nitrogens is 1. The average Bonchev–Trinajstić information content (AvgIpc) is 3.13. The molecule has 30 heavy (non-hydrogen) atoms. The minimum atomic E-state index is -0.343. The molecule has 164 valence electrons. The Bertz CT molecular complexity index is 869. The van der Waals surface area contributed by atoms with Crippen molar-refractivity contribution in [3.63, 3.8) is 0 Å². The molecule has 4 rings (SSSR count). The second-order valence-electron chi connectivity index (χ2n) is 9.42. The zero-order valence-corrected chi connectivity index (χ0v) is 18.6. The first kappa shape index (κ1) is 21.2. The molecule has 2 aliphatic heterocycles. The number of amides is 1. The van der Waals surface area contributed by atoms with Crippen LogP contribution < -0.4 is 10.6 Å². The zero-order chi connectivity index (χ0) is 21.3. The molecule has 0 bridgehead atoms. The second kappa shape index (κ2) is 8.96. The Balaban J connectivity index is 1.46. The van der Waals surface area contributed by atoms with Gasteiger partial charge in [-0.3, -0.25) is 9.69 Å². The van der Waals surface area contributed by atoms with Crippen LogP contribution in [0, 0.1) is 12.8 Å². The molecule has 0 saturated carbocycles. The Morgan fingerprint density at radius 2 is 1.97 bits per heavy atom. The Morgan fingerprint density at radius 3 is 2.70 bits per heavy atom. The number of benzene rings is 1. The van der Waals surface area contributed by atoms with Gasteiger partial charge in [-0.05, 0) is 89.5 Å². The van der Waals surface area contributed by atoms with E-state index in [9.17, 15) is 4.79 Å². The lowest BCUT2D eigenvalue weighted by Crippen LogP contribution is -2.53. The highest BCUT2D eigenvalue weighted by Gasteiger charge is 2.38. The van der Waals surface area contributed by atoms with Crippen molar-refractivity contribution in [3.05, 3.63) is 23.8 Å². The summed E-state index contributed by atoms with van der Waals surface area (Å²) in [6.07, 6.45) is 8.11. The van der Waals surface area contributed by atoms with Crippen LogP contribution in [0.4, 0.5) is 6.01 Å². The van der Waals surface area contributed by atoms with Crippen LogP contribution in [0.5, 0.6) is 0 Å². The Kier molecular flexibility index (Phi) is 6.32. The van der Waals surface area contributed by atoms with Crippen molar-refractivity contribution in [1.82, 2.24) is 9.88 Å². The van der Waals surface area contributed by atoms with Gasteiger partial charge < -0.3 is 15.1 Å². The van der Waals surface area contributed by atoms with Crippen LogP contribution in [0.3, 0.4) is 0 Å². The average molecular weight is 413 g/mol. The first-order valence-corrected chi connectivity index (χ1v) is 11.6. The number of hydrogen-bond donors (Lipinski definition) is 1. The topological polar surface area (TPSA) is 75.6 Å². The van der Waals surface area contributed by atoms with Crippen molar-refractivity contribution in [2.45, 2.75) is 83.8 Å². The molecule has 1 aromatic carbocycles. The molecule has 2 aromatic rings. The van der Waals surface area contributed by atoms with E-state index in [4.69, 9.17) is 10.2 Å². The number of anilines is 1. The highest BCUT2D eigenvalue weighted by atomic mass is 16.4. The number of nitrogens with zero attached hydrogens (tertiary/aromatic N) is 3. The van der Waals surface area contributed by atoms with Gasteiger partial charge in [-0.1, -0.05) is 12.5 Å². The fourth-order valence-electron chi connectivity index (χ4n) is 5.58. The number of carbonyl (C=O) groups excluding carboxylic acids is 1. The second-order valence-corrected chi connectivity index (χ2v) is 9.42. The summed E-state index contributed by atoms with van der Waals surface area (Å²) in [6, 6.07) is 7.49. The SMILES string of the molecule is Cc1ccc2oc(N3CCCC(CCCN4[C@H](C)CCC[C@@H]4C)C3C(N)=O)nc2c1. The lowest BCUT2D eigenvalue weighted by Gasteiger charge is -2.41. The Hall–Kier alpha value is -2.08. The lowest BCUT2D eigenvalue weighted by molar-refractivity contribution is -0.121. The van der Waals surface area contributed by atoms with Gasteiger partial charge in [0.05, 0.1) is 0 Å². The highest BCUT2D eigenvalue weighted by molar-refractivity contribution is 5.84. The van der Waals surface area contributed by atoms with Crippen molar-refractivity contribution in [3.8, 4) is 0 Å². The first-order valence-electron chi connectivity index (χ1n) is 11.6. The van der Waals surface area contributed by atoms with E-state index in [0.717, 1.165) is 55.4 Å². The summed E-state index contributed by atoms with van der Waals surface area (Å²) in [7, 11) is 0. The van der Waals surface area contributed by atoms with E-state index in [1.165, 1.54) is 19.3 Å². The molecule has 2 N–H and O–H groups in total. The van der Waals surface area contributed by atoms with Crippen LogP contribution in [-0.2, 0) is 4.79 Å². The maximum absolute atomic E-state index is 12.5. The molecule has 2 saturated heterocycles. The molecule has 6 heteroatoms. The molecule has 2 unspecified atom stereocenters. The maximum atomic E-state index is 12.5. The summed E-state index contributed by atoms with van der Waals surface area (Å²) in [6.45, 7) is 8.60. The van der Waals surface area contributed by atoms with Gasteiger partial charge in [0.25, 0.3) is 6.01 Å². The number of piperidine rings is 2. The number of rotatable bonds is 6. The van der Waals surface area contributed by atoms with Gasteiger partial charge in [-0.15, -0.1) is 0 Å². The largest absolute Gasteiger partial charge is 0.423 e. The number of oxazole rings is 1. The molecular formula is C24H36N4O2. The summed E-state index contributed by atoms with van der Waals surface area (Å²) in [5.74, 6) is -0.0127. The normalized spacial score (nSPS) is 28.2. The molecule has 3 heterocycles. The number of aryl methyl sites for hydroxylation is 1. The van der Waals surface area contributed by atoms with E-state index in [1.54, 1.807) is 0 Å². The highest BCUT2D eigenvalue weighted by Crippen LogP contribution is 2.33. The fraction of sp³-hybridized carbons (Fsp3) is 0.667. The standard InChI is InChI=1S/C24H36N4O2/c1-16-11-12-21-20(15-16)26-24(30-21)28-14-6-10-19(22(28)23(25)29)9-5-13-27-17(2)7-4-8-18(27)3/h11-12,15,17-19,22H,4-10,13-14H2,1-3H3,(H2,25,29)/t17-,18+,19?,22?. The van der Waals surface area contributed by atoms with Gasteiger partial charge in [-0.2, -0.15) is 4.98 Å². The van der Waals surface area contributed by atoms with Gasteiger partial charge in [0.2, 0.25) is 5.91 Å². The van der Waals surface area contributed by atoms with E-state index in [1.807, 2.05) is 30.0 Å². The zero-order valence-electron chi connectivity index (χ0n) is 18.6. The molecule has 2 fully saturated rings. The lowest BCUT2D eigenvalue weighted by atomic mass is 9.85. The van der Waals surface area contributed by atoms with E-state index in [2.05, 4.69) is 23.7 Å². The van der Waals surface area contributed by atoms with Crippen molar-refractivity contribution < 1.29 is 9.21 Å². The molecule has 1 amide bonds. The van der Waals surface area contributed by atoms with Crippen molar-refractivity contribution in [1.29, 1.82) is 0 Å². The van der Waals surface area contributed by atoms with Crippen LogP contribution >= 0.6 is 0 Å². The predicted molar refractivity (Wildman–Crippen MR) is 121 cm³/mol. The van der Waals surface area contributed by atoms with Gasteiger partial charge in [0.15, 0.2) is 5.58 Å². The van der Waals surface area contributed by atoms with Gasteiger partial charge in [0, 0.05) is 18.6 Å². The van der Waals surface area contributed by atoms with Crippen LogP contribution in [0.15, 0.2) is 22.6 Å². The number of hydrogen-bond acceptors (Lipinski definition) is 5. The van der Waals surface area contributed by atoms with Crippen LogP contribution in [0.25, 0.3) is 11.1 Å². The molecule has 0 aliphatic carbocycles. The smallest absolute Gasteiger partial charge is 0.299 e. The molecule has 0 spiro atoms. The van der Waals surface area contributed by atoms with Crippen LogP contribution in [0.1, 0.15) is 64.4 Å². The van der Waals surface area contributed by atoms with Gasteiger partial charge in [0.1, 0.15) is 11.6 Å². The summed E-state index contributed by atoms with van der Waals surface area (Å²) in [4.78, 5) is 21.8. The summed E-state index contributed by atoms with van der Waals surface area (Å²) >= 11 is 0. The van der Waals surface area contributed by atoms with E-state index in [-0.39, 0.29) is 17.9 Å². The third-order valence-corrected chi connectivity index (χ3v) is 7.19. The molecule has 2 aliphatic rings. The van der Waals surface area contributed by atoms with E-state index < -0.39 is 0 Å². The number of carbonyl (C=O) groups is 1. The van der Waals surface area contributed by atoms with Crippen LogP contribution in [0.2, 0.25) is 0 Å². The monoisotopic (exact) mass is 412 g/mol. The number of likely N-dealkylation sites (tertiary alicyclic amines) is 1. The molecule has 0 radical (unpaired) electrons. The van der Waals surface area contributed by atoms with Gasteiger partial charge >= 0.3 is 0 Å². The fourth-order valence-corrected chi connectivity index (χ4v) is 5.58.